The van der Waals surface area contributed by atoms with Gasteiger partial charge in [-0.05, 0) is 25.7 Å². The minimum Gasteiger partial charge on any atom is -0.481 e. The SMILES string of the molecule is C#CCSC1CCC(C(=O)O)CC1. The Kier molecular flexibility index (Phi) is 4.17. The van der Waals surface area contributed by atoms with E-state index in [0.717, 1.165) is 31.4 Å². The van der Waals surface area contributed by atoms with Crippen molar-refractivity contribution in [2.24, 2.45) is 5.92 Å². The van der Waals surface area contributed by atoms with E-state index >= 15 is 0 Å². The molecule has 0 atom stereocenters. The average Bonchev–Trinajstić information content (AvgIpc) is 2.15. The van der Waals surface area contributed by atoms with Gasteiger partial charge in [0.25, 0.3) is 0 Å². The van der Waals surface area contributed by atoms with E-state index in [9.17, 15) is 4.79 Å². The van der Waals surface area contributed by atoms with Gasteiger partial charge in [-0.3, -0.25) is 4.79 Å². The van der Waals surface area contributed by atoms with Crippen LogP contribution in [0.3, 0.4) is 0 Å². The highest BCUT2D eigenvalue weighted by atomic mass is 32.2. The van der Waals surface area contributed by atoms with Crippen LogP contribution in [0.4, 0.5) is 0 Å². The molecular weight excluding hydrogens is 184 g/mol. The van der Waals surface area contributed by atoms with E-state index in [2.05, 4.69) is 5.92 Å². The quantitative estimate of drug-likeness (QED) is 0.705. The van der Waals surface area contributed by atoms with Crippen molar-refractivity contribution in [2.75, 3.05) is 5.75 Å². The highest BCUT2D eigenvalue weighted by Gasteiger charge is 2.25. The van der Waals surface area contributed by atoms with Crippen LogP contribution in [0.1, 0.15) is 25.7 Å². The van der Waals surface area contributed by atoms with Gasteiger partial charge >= 0.3 is 5.97 Å². The largest absolute Gasteiger partial charge is 0.481 e. The Morgan fingerprint density at radius 2 is 2.08 bits per heavy atom. The molecule has 0 spiro atoms. The zero-order chi connectivity index (χ0) is 9.68. The van der Waals surface area contributed by atoms with Crippen LogP contribution in [0, 0.1) is 18.3 Å². The molecule has 0 heterocycles. The Balaban J connectivity index is 2.23. The number of carboxylic acids is 1. The summed E-state index contributed by atoms with van der Waals surface area (Å²) in [6, 6.07) is 0. The highest BCUT2D eigenvalue weighted by molar-refractivity contribution is 8.00. The number of hydrogen-bond acceptors (Lipinski definition) is 2. The highest BCUT2D eigenvalue weighted by Crippen LogP contribution is 2.31. The minimum atomic E-state index is -0.639. The second-order valence-corrected chi connectivity index (χ2v) is 4.62. The van der Waals surface area contributed by atoms with Gasteiger partial charge in [0.15, 0.2) is 0 Å². The molecule has 0 aromatic heterocycles. The van der Waals surface area contributed by atoms with Crippen molar-refractivity contribution in [3.8, 4) is 12.3 Å². The van der Waals surface area contributed by atoms with E-state index in [4.69, 9.17) is 11.5 Å². The molecule has 0 amide bonds. The van der Waals surface area contributed by atoms with Gasteiger partial charge in [0.1, 0.15) is 0 Å². The lowest BCUT2D eigenvalue weighted by Crippen LogP contribution is -2.22. The number of carbonyl (C=O) groups is 1. The normalized spacial score (nSPS) is 27.9. The summed E-state index contributed by atoms with van der Waals surface area (Å²) in [4.78, 5) is 10.6. The summed E-state index contributed by atoms with van der Waals surface area (Å²) in [6.45, 7) is 0. The second kappa shape index (κ2) is 5.18. The minimum absolute atomic E-state index is 0.109. The van der Waals surface area contributed by atoms with Crippen LogP contribution < -0.4 is 0 Å². The van der Waals surface area contributed by atoms with Crippen LogP contribution in [0.5, 0.6) is 0 Å². The molecule has 1 rings (SSSR count). The molecule has 2 nitrogen and oxygen atoms in total. The van der Waals surface area contributed by atoms with Crippen LogP contribution >= 0.6 is 11.8 Å². The number of hydrogen-bond donors (Lipinski definition) is 1. The molecule has 0 aliphatic heterocycles. The van der Waals surface area contributed by atoms with Crippen molar-refractivity contribution in [2.45, 2.75) is 30.9 Å². The first-order chi connectivity index (χ1) is 6.24. The maximum Gasteiger partial charge on any atom is 0.306 e. The lowest BCUT2D eigenvalue weighted by Gasteiger charge is -2.24. The third-order valence-corrected chi connectivity index (χ3v) is 3.70. The summed E-state index contributed by atoms with van der Waals surface area (Å²) in [5.74, 6) is 2.60. The number of carboxylic acid groups (broad SMARTS) is 1. The van der Waals surface area contributed by atoms with E-state index in [0.29, 0.717) is 5.25 Å². The van der Waals surface area contributed by atoms with Crippen LogP contribution in [-0.2, 0) is 4.79 Å². The molecule has 0 unspecified atom stereocenters. The fourth-order valence-corrected chi connectivity index (χ4v) is 2.58. The van der Waals surface area contributed by atoms with Gasteiger partial charge in [-0.1, -0.05) is 5.92 Å². The lowest BCUT2D eigenvalue weighted by molar-refractivity contribution is -0.142. The molecule has 13 heavy (non-hydrogen) atoms. The molecule has 0 aromatic rings. The van der Waals surface area contributed by atoms with Gasteiger partial charge < -0.3 is 5.11 Å². The summed E-state index contributed by atoms with van der Waals surface area (Å²) < 4.78 is 0. The van der Waals surface area contributed by atoms with Crippen molar-refractivity contribution in [1.82, 2.24) is 0 Å². The van der Waals surface area contributed by atoms with Crippen LogP contribution in [0.15, 0.2) is 0 Å². The van der Waals surface area contributed by atoms with E-state index < -0.39 is 5.97 Å². The molecule has 1 N–H and O–H groups in total. The van der Waals surface area contributed by atoms with Crippen LogP contribution in [0.2, 0.25) is 0 Å². The van der Waals surface area contributed by atoms with Crippen molar-refractivity contribution in [1.29, 1.82) is 0 Å². The monoisotopic (exact) mass is 198 g/mol. The molecular formula is C10H14O2S. The Bertz CT molecular complexity index is 211. The molecule has 0 aromatic carbocycles. The molecule has 0 radical (unpaired) electrons. The fraction of sp³-hybridized carbons (Fsp3) is 0.700. The van der Waals surface area contributed by atoms with E-state index in [1.807, 2.05) is 0 Å². The maximum atomic E-state index is 10.6. The Morgan fingerprint density at radius 1 is 1.46 bits per heavy atom. The zero-order valence-corrected chi connectivity index (χ0v) is 8.35. The molecule has 1 fully saturated rings. The predicted molar refractivity (Wildman–Crippen MR) is 54.7 cm³/mol. The summed E-state index contributed by atoms with van der Waals surface area (Å²) in [5.41, 5.74) is 0. The summed E-state index contributed by atoms with van der Waals surface area (Å²) in [7, 11) is 0. The van der Waals surface area contributed by atoms with Gasteiger partial charge in [0, 0.05) is 5.25 Å². The number of terminal acetylenes is 1. The number of aliphatic carboxylic acids is 1. The Labute approximate surface area is 83.1 Å². The van der Waals surface area contributed by atoms with E-state index in [1.54, 1.807) is 11.8 Å². The lowest BCUT2D eigenvalue weighted by atomic mass is 9.89. The summed E-state index contributed by atoms with van der Waals surface area (Å²) in [5, 5.41) is 9.35. The third-order valence-electron chi connectivity index (χ3n) is 2.43. The summed E-state index contributed by atoms with van der Waals surface area (Å²) >= 11 is 1.78. The first kappa shape index (κ1) is 10.5. The molecule has 3 heteroatoms. The zero-order valence-electron chi connectivity index (χ0n) is 7.53. The summed E-state index contributed by atoms with van der Waals surface area (Å²) in [6.07, 6.45) is 8.80. The van der Waals surface area contributed by atoms with Crippen LogP contribution in [-0.4, -0.2) is 22.1 Å². The van der Waals surface area contributed by atoms with Gasteiger partial charge in [-0.2, -0.15) is 0 Å². The fourth-order valence-electron chi connectivity index (χ4n) is 1.64. The van der Waals surface area contributed by atoms with Gasteiger partial charge in [-0.25, -0.2) is 0 Å². The van der Waals surface area contributed by atoms with Crippen molar-refractivity contribution in [3.63, 3.8) is 0 Å². The van der Waals surface area contributed by atoms with Crippen LogP contribution in [0.25, 0.3) is 0 Å². The first-order valence-electron chi connectivity index (χ1n) is 4.52. The molecule has 1 saturated carbocycles. The molecule has 1 aliphatic rings. The number of rotatable bonds is 3. The van der Waals surface area contributed by atoms with E-state index in [-0.39, 0.29) is 5.92 Å². The van der Waals surface area contributed by atoms with Gasteiger partial charge in [0.05, 0.1) is 11.7 Å². The predicted octanol–water partition coefficient (Wildman–Crippen LogP) is 2.00. The topological polar surface area (TPSA) is 37.3 Å². The average molecular weight is 198 g/mol. The third kappa shape index (κ3) is 3.31. The van der Waals surface area contributed by atoms with Crippen molar-refractivity contribution < 1.29 is 9.90 Å². The molecule has 1 aliphatic carbocycles. The second-order valence-electron chi connectivity index (χ2n) is 3.33. The molecule has 0 saturated heterocycles. The Morgan fingerprint density at radius 3 is 2.54 bits per heavy atom. The van der Waals surface area contributed by atoms with E-state index in [1.165, 1.54) is 0 Å². The molecule has 72 valence electrons. The van der Waals surface area contributed by atoms with Gasteiger partial charge in [-0.15, -0.1) is 18.2 Å². The van der Waals surface area contributed by atoms with Gasteiger partial charge in [0.2, 0.25) is 0 Å². The smallest absolute Gasteiger partial charge is 0.306 e. The van der Waals surface area contributed by atoms with Crippen molar-refractivity contribution in [3.05, 3.63) is 0 Å². The van der Waals surface area contributed by atoms with Crippen molar-refractivity contribution >= 4 is 17.7 Å². The Hall–Kier alpha value is -0.620. The maximum absolute atomic E-state index is 10.6. The standard InChI is InChI=1S/C10H14O2S/c1-2-7-13-9-5-3-8(4-6-9)10(11)12/h1,8-9H,3-7H2,(H,11,12). The molecule has 0 bridgehead atoms. The first-order valence-corrected chi connectivity index (χ1v) is 5.56. The number of thioether (sulfide) groups is 1.